The maximum atomic E-state index is 9.13. The van der Waals surface area contributed by atoms with Gasteiger partial charge in [-0.3, -0.25) is 0 Å². The van der Waals surface area contributed by atoms with Gasteiger partial charge >= 0.3 is 0 Å². The molecule has 2 N–H and O–H groups in total. The summed E-state index contributed by atoms with van der Waals surface area (Å²) in [5, 5.41) is 19.3. The summed E-state index contributed by atoms with van der Waals surface area (Å²) < 4.78 is 5.43. The first-order chi connectivity index (χ1) is 6.74. The lowest BCUT2D eigenvalue weighted by Crippen LogP contribution is -2.34. The number of unbranched alkanes of at least 4 members (excludes halogenated alkanes) is 1. The number of aliphatic hydroxyl groups excluding tert-OH is 2. The van der Waals surface area contributed by atoms with Crippen LogP contribution in [0.1, 0.15) is 26.2 Å². The number of hydrogen-bond donors (Lipinski definition) is 2. The van der Waals surface area contributed by atoms with E-state index in [1.807, 2.05) is 6.92 Å². The number of rotatable bonds is 9. The van der Waals surface area contributed by atoms with Crippen LogP contribution in [0, 0.1) is 5.41 Å². The summed E-state index contributed by atoms with van der Waals surface area (Å²) in [5.41, 5.74) is -0.450. The summed E-state index contributed by atoms with van der Waals surface area (Å²) in [5.74, 6) is 0. The molecule has 0 heterocycles. The maximum Gasteiger partial charge on any atom is 0.0566 e. The van der Waals surface area contributed by atoms with Gasteiger partial charge in [0.1, 0.15) is 0 Å². The average Bonchev–Trinajstić information content (AvgIpc) is 2.24. The van der Waals surface area contributed by atoms with E-state index in [9.17, 15) is 0 Å². The Morgan fingerprint density at radius 3 is 2.29 bits per heavy atom. The van der Waals surface area contributed by atoms with Crippen molar-refractivity contribution in [2.75, 3.05) is 31.8 Å². The van der Waals surface area contributed by atoms with Crippen LogP contribution in [0.4, 0.5) is 0 Å². The highest BCUT2D eigenvalue weighted by Gasteiger charge is 2.26. The van der Waals surface area contributed by atoms with Gasteiger partial charge in [-0.25, -0.2) is 0 Å². The molecule has 0 unspecified atom stereocenters. The van der Waals surface area contributed by atoms with Gasteiger partial charge in [0.15, 0.2) is 0 Å². The van der Waals surface area contributed by atoms with Gasteiger partial charge in [0.25, 0.3) is 0 Å². The van der Waals surface area contributed by atoms with Gasteiger partial charge in [0.05, 0.1) is 19.8 Å². The third kappa shape index (κ3) is 5.29. The summed E-state index contributed by atoms with van der Waals surface area (Å²) in [6.07, 6.45) is 2.84. The number of halogens is 1. The summed E-state index contributed by atoms with van der Waals surface area (Å²) in [6, 6.07) is 0. The fourth-order valence-corrected chi connectivity index (χ4v) is 1.45. The number of aliphatic hydroxyl groups is 2. The van der Waals surface area contributed by atoms with Crippen molar-refractivity contribution in [3.05, 3.63) is 0 Å². The topological polar surface area (TPSA) is 49.7 Å². The van der Waals surface area contributed by atoms with Gasteiger partial charge in [-0.05, 0) is 19.3 Å². The lowest BCUT2D eigenvalue weighted by molar-refractivity contribution is -0.0303. The Labute approximate surface area is 94.6 Å². The smallest absolute Gasteiger partial charge is 0.0566 e. The Morgan fingerprint density at radius 1 is 1.21 bits per heavy atom. The quantitative estimate of drug-likeness (QED) is 0.493. The Kier molecular flexibility index (Phi) is 8.87. The molecule has 0 aliphatic carbocycles. The number of alkyl halides is 1. The molecular formula is C10H21BrO3. The van der Waals surface area contributed by atoms with Crippen LogP contribution in [0.5, 0.6) is 0 Å². The van der Waals surface area contributed by atoms with E-state index in [2.05, 4.69) is 15.9 Å². The zero-order valence-electron chi connectivity index (χ0n) is 8.84. The van der Waals surface area contributed by atoms with E-state index in [0.717, 1.165) is 24.6 Å². The monoisotopic (exact) mass is 268 g/mol. The lowest BCUT2D eigenvalue weighted by Gasteiger charge is -2.27. The van der Waals surface area contributed by atoms with Crippen molar-refractivity contribution in [1.29, 1.82) is 0 Å². The molecule has 0 atom stereocenters. The third-order valence-corrected chi connectivity index (χ3v) is 3.06. The predicted octanol–water partition coefficient (Wildman–Crippen LogP) is 1.56. The van der Waals surface area contributed by atoms with E-state index in [-0.39, 0.29) is 13.2 Å². The molecule has 0 aliphatic rings. The molecule has 0 amide bonds. The van der Waals surface area contributed by atoms with Crippen molar-refractivity contribution < 1.29 is 14.9 Å². The molecule has 0 fully saturated rings. The Morgan fingerprint density at radius 2 is 1.86 bits per heavy atom. The molecule has 0 bridgehead atoms. The van der Waals surface area contributed by atoms with Crippen LogP contribution in [0.15, 0.2) is 0 Å². The maximum absolute atomic E-state index is 9.13. The molecule has 0 aromatic heterocycles. The number of hydrogen-bond acceptors (Lipinski definition) is 3. The third-order valence-electron chi connectivity index (χ3n) is 2.50. The molecule has 0 saturated carbocycles. The fraction of sp³-hybridized carbons (Fsp3) is 1.00. The highest BCUT2D eigenvalue weighted by molar-refractivity contribution is 9.09. The Bertz CT molecular complexity index is 118. The van der Waals surface area contributed by atoms with Crippen molar-refractivity contribution >= 4 is 15.9 Å². The van der Waals surface area contributed by atoms with Gasteiger partial charge < -0.3 is 14.9 Å². The molecule has 4 heteroatoms. The van der Waals surface area contributed by atoms with E-state index in [0.29, 0.717) is 13.2 Å². The molecule has 0 aliphatic heterocycles. The first-order valence-electron chi connectivity index (χ1n) is 5.10. The average molecular weight is 269 g/mol. The zero-order chi connectivity index (χ0) is 10.9. The second kappa shape index (κ2) is 8.65. The van der Waals surface area contributed by atoms with Crippen molar-refractivity contribution in [3.8, 4) is 0 Å². The molecule has 0 rings (SSSR count). The van der Waals surface area contributed by atoms with E-state index in [1.165, 1.54) is 0 Å². The van der Waals surface area contributed by atoms with E-state index >= 15 is 0 Å². The fourth-order valence-electron chi connectivity index (χ4n) is 1.05. The summed E-state index contributed by atoms with van der Waals surface area (Å²) in [6.45, 7) is 3.07. The molecular weight excluding hydrogens is 248 g/mol. The van der Waals surface area contributed by atoms with Crippen molar-refractivity contribution in [1.82, 2.24) is 0 Å². The highest BCUT2D eigenvalue weighted by Crippen LogP contribution is 2.20. The molecule has 3 nitrogen and oxygen atoms in total. The van der Waals surface area contributed by atoms with E-state index in [4.69, 9.17) is 14.9 Å². The van der Waals surface area contributed by atoms with Crippen molar-refractivity contribution in [2.24, 2.45) is 5.41 Å². The van der Waals surface area contributed by atoms with Crippen LogP contribution < -0.4 is 0 Å². The van der Waals surface area contributed by atoms with Crippen LogP contribution in [0.2, 0.25) is 0 Å². The van der Waals surface area contributed by atoms with Gasteiger partial charge in [-0.15, -0.1) is 0 Å². The van der Waals surface area contributed by atoms with Crippen molar-refractivity contribution in [2.45, 2.75) is 26.2 Å². The van der Waals surface area contributed by atoms with Crippen LogP contribution >= 0.6 is 15.9 Å². The van der Waals surface area contributed by atoms with Crippen LogP contribution in [-0.2, 0) is 4.74 Å². The molecule has 0 radical (unpaired) electrons. The van der Waals surface area contributed by atoms with Gasteiger partial charge in [-0.2, -0.15) is 0 Å². The van der Waals surface area contributed by atoms with E-state index < -0.39 is 5.41 Å². The van der Waals surface area contributed by atoms with Crippen LogP contribution in [0.25, 0.3) is 0 Å². The molecule has 0 aromatic carbocycles. The lowest BCUT2D eigenvalue weighted by atomic mass is 9.88. The highest BCUT2D eigenvalue weighted by atomic mass is 79.9. The largest absolute Gasteiger partial charge is 0.396 e. The minimum absolute atomic E-state index is 0.0154. The predicted molar refractivity (Wildman–Crippen MR) is 60.7 cm³/mol. The minimum Gasteiger partial charge on any atom is -0.396 e. The summed E-state index contributed by atoms with van der Waals surface area (Å²) in [4.78, 5) is 0. The molecule has 0 aromatic rings. The van der Waals surface area contributed by atoms with Gasteiger partial charge in [-0.1, -0.05) is 22.9 Å². The first kappa shape index (κ1) is 14.4. The zero-order valence-corrected chi connectivity index (χ0v) is 10.4. The molecule has 86 valence electrons. The van der Waals surface area contributed by atoms with Crippen molar-refractivity contribution in [3.63, 3.8) is 0 Å². The van der Waals surface area contributed by atoms with Crippen LogP contribution in [-0.4, -0.2) is 42.0 Å². The Hall–Kier alpha value is 0.360. The van der Waals surface area contributed by atoms with E-state index in [1.54, 1.807) is 0 Å². The second-order valence-electron chi connectivity index (χ2n) is 3.62. The summed E-state index contributed by atoms with van der Waals surface area (Å²) >= 11 is 3.35. The first-order valence-corrected chi connectivity index (χ1v) is 6.22. The molecule has 0 spiro atoms. The summed E-state index contributed by atoms with van der Waals surface area (Å²) in [7, 11) is 0. The number of ether oxygens (including phenoxy) is 1. The standard InChI is InChI=1S/C10H21BrO3/c1-2-10(7-12,8-13)9-14-6-4-3-5-11/h12-13H,2-9H2,1H3. The van der Waals surface area contributed by atoms with Crippen LogP contribution in [0.3, 0.4) is 0 Å². The Balaban J connectivity index is 3.61. The minimum atomic E-state index is -0.450. The van der Waals surface area contributed by atoms with Gasteiger partial charge in [0, 0.05) is 17.4 Å². The molecule has 0 saturated heterocycles. The van der Waals surface area contributed by atoms with Gasteiger partial charge in [0.2, 0.25) is 0 Å². The second-order valence-corrected chi connectivity index (χ2v) is 4.41. The molecule has 14 heavy (non-hydrogen) atoms. The SMILES string of the molecule is CCC(CO)(CO)COCCCCBr. The normalized spacial score (nSPS) is 12.0.